The monoisotopic (exact) mass is 522 g/mol. The van der Waals surface area contributed by atoms with Gasteiger partial charge in [-0.25, -0.2) is 8.78 Å². The number of ether oxygens (including phenoxy) is 2. The molecule has 3 heterocycles. The van der Waals surface area contributed by atoms with Gasteiger partial charge in [0.15, 0.2) is 11.6 Å². The maximum atomic E-state index is 15.3. The van der Waals surface area contributed by atoms with Crippen LogP contribution in [0.2, 0.25) is 0 Å². The smallest absolute Gasteiger partial charge is 0.326 e. The van der Waals surface area contributed by atoms with Crippen LogP contribution in [-0.4, -0.2) is 73.7 Å². The molecule has 6 rings (SSSR count). The van der Waals surface area contributed by atoms with E-state index in [2.05, 4.69) is 36.2 Å². The number of fused-ring (bicyclic) bond motifs is 1. The predicted molar refractivity (Wildman–Crippen MR) is 143 cm³/mol. The van der Waals surface area contributed by atoms with Gasteiger partial charge in [0.25, 0.3) is 0 Å². The lowest BCUT2D eigenvalue weighted by molar-refractivity contribution is 0.144. The third-order valence-corrected chi connectivity index (χ3v) is 7.48. The number of aromatic nitrogens is 2. The van der Waals surface area contributed by atoms with Crippen molar-refractivity contribution in [1.29, 1.82) is 0 Å². The van der Waals surface area contributed by atoms with E-state index in [1.54, 1.807) is 13.2 Å². The first kappa shape index (κ1) is 24.9. The molecule has 1 N–H and O–H groups in total. The third-order valence-electron chi connectivity index (χ3n) is 7.48. The Balaban J connectivity index is 1.27. The first-order valence-corrected chi connectivity index (χ1v) is 13.2. The Hall–Kier alpha value is -3.37. The summed E-state index contributed by atoms with van der Waals surface area (Å²) in [6, 6.07) is 2.90. The quantitative estimate of drug-likeness (QED) is 0.550. The second-order valence-electron chi connectivity index (χ2n) is 10.4. The number of halogens is 2. The van der Waals surface area contributed by atoms with Crippen LogP contribution in [0.4, 0.5) is 20.4 Å². The first-order chi connectivity index (χ1) is 18.5. The Labute approximate surface area is 221 Å². The number of aliphatic imine (C=N–C) groups is 1. The van der Waals surface area contributed by atoms with Crippen molar-refractivity contribution < 1.29 is 18.3 Å². The van der Waals surface area contributed by atoms with E-state index >= 15 is 4.39 Å². The molecule has 1 saturated heterocycles. The standard InChI is InChI=1S/C28H32F2N6O2/c1-17-11-20-21(12-17)27(30)23(14-22(20)29)38-28-33-25(32-24-13-19(16-31-24)18-3-4-18)15-26(34-28)36-7-5-35(6-8-36)9-10-37-2/h12-15,18H,3-11,16H2,1-2H3,(H,31,32,33,34). The Bertz CT molecular complexity index is 1330. The Morgan fingerprint density at radius 1 is 1.08 bits per heavy atom. The Morgan fingerprint density at radius 2 is 1.89 bits per heavy atom. The molecule has 0 spiro atoms. The van der Waals surface area contributed by atoms with E-state index in [9.17, 15) is 4.39 Å². The van der Waals surface area contributed by atoms with Crippen LogP contribution >= 0.6 is 0 Å². The van der Waals surface area contributed by atoms with Gasteiger partial charge in [-0.3, -0.25) is 9.89 Å². The average molecular weight is 523 g/mol. The maximum absolute atomic E-state index is 15.3. The fraction of sp³-hybridized carbons (Fsp3) is 0.464. The van der Waals surface area contributed by atoms with Crippen molar-refractivity contribution in [2.45, 2.75) is 26.2 Å². The van der Waals surface area contributed by atoms with Crippen LogP contribution in [-0.2, 0) is 11.2 Å². The number of nitrogens with zero attached hydrogens (tertiary/aromatic N) is 5. The van der Waals surface area contributed by atoms with E-state index < -0.39 is 11.6 Å². The second kappa shape index (κ2) is 10.4. The minimum atomic E-state index is -0.606. The molecule has 0 radical (unpaired) electrons. The molecule has 10 heteroatoms. The van der Waals surface area contributed by atoms with Gasteiger partial charge in [0, 0.05) is 63.1 Å². The van der Waals surface area contributed by atoms with E-state index in [1.807, 2.05) is 13.0 Å². The number of piperazine rings is 1. The molecule has 2 aliphatic carbocycles. The van der Waals surface area contributed by atoms with Crippen LogP contribution in [0, 0.1) is 17.6 Å². The van der Waals surface area contributed by atoms with Crippen molar-refractivity contribution in [3.63, 3.8) is 0 Å². The molecule has 2 aromatic rings. The lowest BCUT2D eigenvalue weighted by Gasteiger charge is -2.35. The number of nitrogens with one attached hydrogen (secondary N) is 1. The molecule has 2 fully saturated rings. The number of hydrogen-bond donors (Lipinski definition) is 1. The summed E-state index contributed by atoms with van der Waals surface area (Å²) < 4.78 is 41.1. The summed E-state index contributed by atoms with van der Waals surface area (Å²) in [6.07, 6.45) is 6.58. The highest BCUT2D eigenvalue weighted by Crippen LogP contribution is 2.38. The fourth-order valence-corrected chi connectivity index (χ4v) is 5.20. The molecule has 2 aliphatic heterocycles. The second-order valence-corrected chi connectivity index (χ2v) is 10.4. The summed E-state index contributed by atoms with van der Waals surface area (Å²) in [7, 11) is 1.71. The molecule has 0 atom stereocenters. The van der Waals surface area contributed by atoms with Gasteiger partial charge in [-0.2, -0.15) is 9.97 Å². The van der Waals surface area contributed by atoms with Gasteiger partial charge in [-0.05, 0) is 43.8 Å². The molecular weight excluding hydrogens is 490 g/mol. The van der Waals surface area contributed by atoms with Crippen molar-refractivity contribution in [1.82, 2.24) is 14.9 Å². The molecule has 4 aliphatic rings. The molecule has 1 aromatic heterocycles. The van der Waals surface area contributed by atoms with Crippen LogP contribution in [0.3, 0.4) is 0 Å². The summed E-state index contributed by atoms with van der Waals surface area (Å²) >= 11 is 0. The van der Waals surface area contributed by atoms with E-state index in [0.717, 1.165) is 50.2 Å². The highest BCUT2D eigenvalue weighted by Gasteiger charge is 2.28. The van der Waals surface area contributed by atoms with Crippen molar-refractivity contribution >= 4 is 23.5 Å². The number of allylic oxidation sites excluding steroid dienone is 1. The molecular formula is C28H32F2N6O2. The highest BCUT2D eigenvalue weighted by molar-refractivity contribution is 6.05. The predicted octanol–water partition coefficient (Wildman–Crippen LogP) is 4.44. The summed E-state index contributed by atoms with van der Waals surface area (Å²) in [4.78, 5) is 18.2. The van der Waals surface area contributed by atoms with Crippen LogP contribution in [0.25, 0.3) is 6.08 Å². The molecule has 0 bridgehead atoms. The normalized spacial score (nSPS) is 19.3. The Kier molecular flexibility index (Phi) is 6.84. The van der Waals surface area contributed by atoms with Crippen molar-refractivity contribution in [3.8, 4) is 11.8 Å². The van der Waals surface area contributed by atoms with Crippen molar-refractivity contribution in [2.75, 3.05) is 63.2 Å². The van der Waals surface area contributed by atoms with Crippen LogP contribution in [0.5, 0.6) is 11.8 Å². The largest absolute Gasteiger partial charge is 0.421 e. The zero-order valence-corrected chi connectivity index (χ0v) is 21.8. The van der Waals surface area contributed by atoms with Crippen molar-refractivity contribution in [3.05, 3.63) is 52.1 Å². The summed E-state index contributed by atoms with van der Waals surface area (Å²) in [5.41, 5.74) is 2.83. The zero-order chi connectivity index (χ0) is 26.2. The molecule has 38 heavy (non-hydrogen) atoms. The maximum Gasteiger partial charge on any atom is 0.326 e. The van der Waals surface area contributed by atoms with Gasteiger partial charge in [0.1, 0.15) is 23.3 Å². The SMILES string of the molecule is COCCN1CCN(c2cc(NC3=NCC(C4CC4)=C3)nc(Oc3cc(F)c4c(c3F)C=C(C)C4)n2)CC1. The minimum Gasteiger partial charge on any atom is -0.421 e. The van der Waals surface area contributed by atoms with Gasteiger partial charge < -0.3 is 19.7 Å². The number of anilines is 2. The number of amidine groups is 1. The van der Waals surface area contributed by atoms with E-state index in [1.165, 1.54) is 18.4 Å². The van der Waals surface area contributed by atoms with Crippen molar-refractivity contribution in [2.24, 2.45) is 10.9 Å². The molecule has 1 aromatic carbocycles. The number of benzene rings is 1. The molecule has 8 nitrogen and oxygen atoms in total. The summed E-state index contributed by atoms with van der Waals surface area (Å²) in [5, 5.41) is 3.28. The lowest BCUT2D eigenvalue weighted by Crippen LogP contribution is -2.47. The number of methoxy groups -OCH3 is 1. The van der Waals surface area contributed by atoms with Gasteiger partial charge >= 0.3 is 6.01 Å². The van der Waals surface area contributed by atoms with Gasteiger partial charge in [-0.15, -0.1) is 0 Å². The minimum absolute atomic E-state index is 0.0475. The fourth-order valence-electron chi connectivity index (χ4n) is 5.20. The molecule has 1 saturated carbocycles. The van der Waals surface area contributed by atoms with E-state index in [4.69, 9.17) is 9.47 Å². The third kappa shape index (κ3) is 5.28. The molecule has 0 amide bonds. The van der Waals surface area contributed by atoms with Gasteiger partial charge in [0.05, 0.1) is 13.2 Å². The average Bonchev–Trinajstić information content (AvgIpc) is 3.53. The molecule has 200 valence electrons. The number of rotatable bonds is 8. The summed E-state index contributed by atoms with van der Waals surface area (Å²) in [5.74, 6) is 1.21. The van der Waals surface area contributed by atoms with E-state index in [0.29, 0.717) is 42.7 Å². The van der Waals surface area contributed by atoms with Gasteiger partial charge in [0.2, 0.25) is 0 Å². The topological polar surface area (TPSA) is 75.1 Å². The van der Waals surface area contributed by atoms with Crippen LogP contribution in [0.15, 0.2) is 34.3 Å². The highest BCUT2D eigenvalue weighted by atomic mass is 19.1. The van der Waals surface area contributed by atoms with E-state index in [-0.39, 0.29) is 17.3 Å². The van der Waals surface area contributed by atoms with Crippen LogP contribution in [0.1, 0.15) is 30.9 Å². The lowest BCUT2D eigenvalue weighted by atomic mass is 10.1. The zero-order valence-electron chi connectivity index (χ0n) is 21.8. The number of hydrogen-bond acceptors (Lipinski definition) is 8. The molecule has 0 unspecified atom stereocenters. The summed E-state index contributed by atoms with van der Waals surface area (Å²) in [6.45, 7) is 7.37. The van der Waals surface area contributed by atoms with Crippen LogP contribution < -0.4 is 15.0 Å². The first-order valence-electron chi connectivity index (χ1n) is 13.2. The van der Waals surface area contributed by atoms with Gasteiger partial charge in [-0.1, -0.05) is 11.6 Å². The Morgan fingerprint density at radius 3 is 2.66 bits per heavy atom.